The van der Waals surface area contributed by atoms with Crippen LogP contribution < -0.4 is 27.5 Å². The fraction of sp³-hybridized carbons (Fsp3) is 0.293. The number of aromatic nitrogens is 2. The van der Waals surface area contributed by atoms with E-state index in [0.717, 1.165) is 10.9 Å². The molecule has 0 saturated heterocycles. The quantitative estimate of drug-likeness (QED) is 0.0514. The number of aliphatic hydroxyl groups excluding tert-OH is 1. The van der Waals surface area contributed by atoms with Crippen LogP contribution in [0.4, 0.5) is 0 Å². The van der Waals surface area contributed by atoms with Gasteiger partial charge in [-0.05, 0) is 50.1 Å². The maximum absolute atomic E-state index is 14.1. The van der Waals surface area contributed by atoms with Gasteiger partial charge in [0.2, 0.25) is 11.8 Å². The third-order valence-electron chi connectivity index (χ3n) is 9.31. The predicted molar refractivity (Wildman–Crippen MR) is 208 cm³/mol. The topological polar surface area (TPSA) is 232 Å². The molecule has 4 amide bonds. The van der Waals surface area contributed by atoms with Crippen molar-refractivity contribution in [2.24, 2.45) is 16.9 Å². The van der Waals surface area contributed by atoms with Crippen molar-refractivity contribution >= 4 is 40.5 Å². The third kappa shape index (κ3) is 10.3. The minimum Gasteiger partial charge on any atom is -0.458 e. The molecule has 4 aromatic rings. The van der Waals surface area contributed by atoms with Crippen LogP contribution in [-0.2, 0) is 36.9 Å². The fourth-order valence-corrected chi connectivity index (χ4v) is 6.13. The molecular formula is C41H46N8O7. The molecule has 0 fully saturated rings. The van der Waals surface area contributed by atoms with E-state index in [1.165, 1.54) is 29.3 Å². The molecule has 5 atom stereocenters. The van der Waals surface area contributed by atoms with Gasteiger partial charge in [0, 0.05) is 24.2 Å². The van der Waals surface area contributed by atoms with Crippen LogP contribution in [0.5, 0.6) is 0 Å². The fourth-order valence-electron chi connectivity index (χ4n) is 6.13. The van der Waals surface area contributed by atoms with Crippen LogP contribution in [0.3, 0.4) is 0 Å². The van der Waals surface area contributed by atoms with E-state index in [2.05, 4.69) is 26.0 Å². The SMILES string of the molecule is CC(C)N(C[C@@H](O)[C@H](Cc1ccccc1)NC(=O)[C@H](CC(N)=O)NC(=O)c1ccc2ccccc2n1)NC(=O)C1(C(=O)OCc2ccccn2)C=CC=CC1N. The highest BCUT2D eigenvalue weighted by atomic mass is 16.5. The number of hydrogen-bond acceptors (Lipinski definition) is 11. The summed E-state index contributed by atoms with van der Waals surface area (Å²) in [5, 5.41) is 19.4. The number of allylic oxidation sites excluding steroid dienone is 2. The molecule has 2 aromatic carbocycles. The number of nitrogens with zero attached hydrogens (tertiary/aromatic N) is 3. The van der Waals surface area contributed by atoms with Crippen LogP contribution in [0.1, 0.15) is 42.0 Å². The lowest BCUT2D eigenvalue weighted by atomic mass is 9.77. The second-order valence-electron chi connectivity index (χ2n) is 13.7. The van der Waals surface area contributed by atoms with Crippen LogP contribution >= 0.6 is 0 Å². The number of hydrazine groups is 1. The molecule has 1 aliphatic carbocycles. The van der Waals surface area contributed by atoms with Crippen molar-refractivity contribution in [3.05, 3.63) is 132 Å². The highest BCUT2D eigenvalue weighted by Gasteiger charge is 2.51. The number of carbonyl (C=O) groups is 5. The monoisotopic (exact) mass is 762 g/mol. The van der Waals surface area contributed by atoms with Gasteiger partial charge in [-0.2, -0.15) is 0 Å². The molecule has 56 heavy (non-hydrogen) atoms. The minimum absolute atomic E-state index is 0.0246. The van der Waals surface area contributed by atoms with Crippen LogP contribution in [0, 0.1) is 5.41 Å². The third-order valence-corrected chi connectivity index (χ3v) is 9.31. The second kappa shape index (κ2) is 18.8. The number of rotatable bonds is 17. The number of benzene rings is 2. The number of amides is 4. The summed E-state index contributed by atoms with van der Waals surface area (Å²) in [6, 6.07) is 20.7. The van der Waals surface area contributed by atoms with Gasteiger partial charge in [0.1, 0.15) is 18.3 Å². The Morgan fingerprint density at radius 2 is 1.66 bits per heavy atom. The Balaban J connectivity index is 1.34. The number of ether oxygens (including phenoxy) is 1. The van der Waals surface area contributed by atoms with Crippen molar-refractivity contribution in [1.82, 2.24) is 31.0 Å². The number of para-hydroxylation sites is 1. The first-order valence-electron chi connectivity index (χ1n) is 18.1. The molecular weight excluding hydrogens is 716 g/mol. The van der Waals surface area contributed by atoms with Crippen molar-refractivity contribution in [1.29, 1.82) is 0 Å². The maximum Gasteiger partial charge on any atom is 0.328 e. The van der Waals surface area contributed by atoms with Gasteiger partial charge in [-0.15, -0.1) is 0 Å². The Morgan fingerprint density at radius 3 is 2.36 bits per heavy atom. The first-order chi connectivity index (χ1) is 26.9. The van der Waals surface area contributed by atoms with Gasteiger partial charge in [0.15, 0.2) is 5.41 Å². The molecule has 8 N–H and O–H groups in total. The zero-order valence-corrected chi connectivity index (χ0v) is 31.1. The number of fused-ring (bicyclic) bond motifs is 1. The smallest absolute Gasteiger partial charge is 0.328 e. The number of esters is 1. The van der Waals surface area contributed by atoms with Crippen molar-refractivity contribution < 1.29 is 33.8 Å². The van der Waals surface area contributed by atoms with Gasteiger partial charge in [-0.25, -0.2) is 9.99 Å². The van der Waals surface area contributed by atoms with Gasteiger partial charge in [-0.3, -0.25) is 34.4 Å². The molecule has 15 nitrogen and oxygen atoms in total. The lowest BCUT2D eigenvalue weighted by Gasteiger charge is -2.37. The molecule has 2 aromatic heterocycles. The minimum atomic E-state index is -1.96. The molecule has 292 valence electrons. The van der Waals surface area contributed by atoms with E-state index >= 15 is 0 Å². The van der Waals surface area contributed by atoms with Crippen molar-refractivity contribution in [3.8, 4) is 0 Å². The molecule has 15 heteroatoms. The molecule has 2 unspecified atom stereocenters. The molecule has 0 bridgehead atoms. The zero-order valence-electron chi connectivity index (χ0n) is 31.1. The number of pyridine rings is 2. The highest BCUT2D eigenvalue weighted by Crippen LogP contribution is 2.30. The van der Waals surface area contributed by atoms with Crippen molar-refractivity contribution in [2.45, 2.75) is 63.6 Å². The summed E-state index contributed by atoms with van der Waals surface area (Å²) < 4.78 is 5.55. The largest absolute Gasteiger partial charge is 0.458 e. The van der Waals surface area contributed by atoms with E-state index in [0.29, 0.717) is 11.2 Å². The molecule has 0 aliphatic heterocycles. The molecule has 0 spiro atoms. The Morgan fingerprint density at radius 1 is 0.929 bits per heavy atom. The number of aliphatic hydroxyl groups is 1. The van der Waals surface area contributed by atoms with Crippen molar-refractivity contribution in [3.63, 3.8) is 0 Å². The van der Waals surface area contributed by atoms with Crippen LogP contribution in [0.25, 0.3) is 10.9 Å². The Labute approximate surface area is 324 Å². The van der Waals surface area contributed by atoms with Crippen molar-refractivity contribution in [2.75, 3.05) is 6.54 Å². The van der Waals surface area contributed by atoms with Gasteiger partial charge >= 0.3 is 5.97 Å². The number of carbonyl (C=O) groups excluding carboxylic acids is 5. The summed E-state index contributed by atoms with van der Waals surface area (Å²) in [6.07, 6.45) is 5.83. The lowest BCUT2D eigenvalue weighted by molar-refractivity contribution is -0.162. The standard InChI is InChI=1S/C41H46N8O7/c1-26(2)49(48-39(54)41(20-10-8-17-35(41)42)40(55)56-25-29-15-9-11-21-44-29)24-34(50)32(22-27-12-4-3-5-13-27)46-38(53)33(23-36(43)51)47-37(52)31-19-18-28-14-6-7-16-30(28)45-31/h3-21,26,32-35,50H,22-25,42H2,1-2H3,(H2,43,51)(H,46,53)(H,47,52)(H,48,54)/t32-,33-,34+,35?,41?/m0/s1. The van der Waals surface area contributed by atoms with Gasteiger partial charge in [-0.1, -0.05) is 85.0 Å². The maximum atomic E-state index is 14.1. The molecule has 5 rings (SSSR count). The second-order valence-corrected chi connectivity index (χ2v) is 13.7. The van der Waals surface area contributed by atoms with Gasteiger partial charge in [0.25, 0.3) is 11.8 Å². The predicted octanol–water partition coefficient (Wildman–Crippen LogP) is 1.62. The van der Waals surface area contributed by atoms with Gasteiger partial charge in [0.05, 0.1) is 35.8 Å². The van der Waals surface area contributed by atoms with E-state index in [9.17, 15) is 29.1 Å². The Kier molecular flexibility index (Phi) is 13.8. The summed E-state index contributed by atoms with van der Waals surface area (Å²) in [4.78, 5) is 75.6. The average Bonchev–Trinajstić information content (AvgIpc) is 3.19. The van der Waals surface area contributed by atoms with Crippen LogP contribution in [-0.4, -0.2) is 86.5 Å². The summed E-state index contributed by atoms with van der Waals surface area (Å²) in [5.74, 6) is -4.02. The molecule has 2 heterocycles. The number of nitrogens with one attached hydrogen (secondary N) is 3. The van der Waals surface area contributed by atoms with E-state index in [-0.39, 0.29) is 25.3 Å². The molecule has 0 saturated carbocycles. The summed E-state index contributed by atoms with van der Waals surface area (Å²) in [6.45, 7) is 3.10. The first kappa shape index (κ1) is 40.9. The lowest BCUT2D eigenvalue weighted by Crippen LogP contribution is -2.62. The average molecular weight is 763 g/mol. The normalized spacial score (nSPS) is 17.9. The number of nitrogens with two attached hydrogens (primary N) is 2. The number of primary amides is 1. The summed E-state index contributed by atoms with van der Waals surface area (Å²) >= 11 is 0. The van der Waals surface area contributed by atoms with E-state index < -0.39 is 71.7 Å². The first-order valence-corrected chi connectivity index (χ1v) is 18.1. The summed E-state index contributed by atoms with van der Waals surface area (Å²) in [7, 11) is 0. The zero-order chi connectivity index (χ0) is 40.2. The Hall–Kier alpha value is -6.29. The highest BCUT2D eigenvalue weighted by molar-refractivity contribution is 6.06. The van der Waals surface area contributed by atoms with E-state index in [1.54, 1.807) is 74.7 Å². The van der Waals surface area contributed by atoms with E-state index in [1.807, 2.05) is 30.3 Å². The Bertz CT molecular complexity index is 2080. The number of hydrogen-bond donors (Lipinski definition) is 6. The van der Waals surface area contributed by atoms with Crippen LogP contribution in [0.15, 0.2) is 115 Å². The van der Waals surface area contributed by atoms with E-state index in [4.69, 9.17) is 16.2 Å². The van der Waals surface area contributed by atoms with Gasteiger partial charge < -0.3 is 31.9 Å². The van der Waals surface area contributed by atoms with Crippen LogP contribution in [0.2, 0.25) is 0 Å². The molecule has 1 aliphatic rings. The molecule has 0 radical (unpaired) electrons. The summed E-state index contributed by atoms with van der Waals surface area (Å²) in [5.41, 5.74) is 14.5.